The van der Waals surface area contributed by atoms with Gasteiger partial charge in [0, 0.05) is 18.1 Å². The van der Waals surface area contributed by atoms with Gasteiger partial charge in [0.15, 0.2) is 0 Å². The molecule has 0 aromatic carbocycles. The van der Waals surface area contributed by atoms with Gasteiger partial charge in [-0.3, -0.25) is 9.69 Å². The number of hydrogen-bond donors (Lipinski definition) is 1. The molecule has 1 saturated heterocycles. The van der Waals surface area contributed by atoms with Crippen LogP contribution in [0, 0.1) is 0 Å². The van der Waals surface area contributed by atoms with Crippen molar-refractivity contribution in [1.82, 2.24) is 14.8 Å². The number of nitrogens with zero attached hydrogens (tertiary/aromatic N) is 3. The lowest BCUT2D eigenvalue weighted by Crippen LogP contribution is -2.47. The van der Waals surface area contributed by atoms with E-state index in [0.717, 1.165) is 30.8 Å². The lowest BCUT2D eigenvalue weighted by molar-refractivity contribution is -0.137. The molecule has 1 N–H and O–H groups in total. The Morgan fingerprint density at radius 1 is 1.55 bits per heavy atom. The maximum atomic E-state index is 12.7. The van der Waals surface area contributed by atoms with Gasteiger partial charge in [0.2, 0.25) is 5.91 Å². The van der Waals surface area contributed by atoms with Crippen molar-refractivity contribution in [2.75, 3.05) is 26.7 Å². The first-order valence-corrected chi connectivity index (χ1v) is 8.08. The summed E-state index contributed by atoms with van der Waals surface area (Å²) in [5.74, 6) is 0.124. The number of carbonyl (C=O) groups excluding carboxylic acids is 1. The lowest BCUT2D eigenvalue weighted by atomic mass is 10.1. The van der Waals surface area contributed by atoms with Gasteiger partial charge >= 0.3 is 0 Å². The van der Waals surface area contributed by atoms with E-state index in [0.29, 0.717) is 13.1 Å². The van der Waals surface area contributed by atoms with Gasteiger partial charge in [0.1, 0.15) is 5.01 Å². The van der Waals surface area contributed by atoms with Crippen LogP contribution in [-0.2, 0) is 11.3 Å². The molecule has 1 unspecified atom stereocenters. The van der Waals surface area contributed by atoms with Crippen molar-refractivity contribution in [2.45, 2.75) is 38.3 Å². The fourth-order valence-corrected chi connectivity index (χ4v) is 3.29. The predicted octanol–water partition coefficient (Wildman–Crippen LogP) is 1.34. The van der Waals surface area contributed by atoms with Crippen LogP contribution in [0.3, 0.4) is 0 Å². The van der Waals surface area contributed by atoms with Crippen molar-refractivity contribution >= 4 is 17.2 Å². The summed E-state index contributed by atoms with van der Waals surface area (Å²) in [6.07, 6.45) is 6.12. The molecule has 1 fully saturated rings. The fourth-order valence-electron chi connectivity index (χ4n) is 2.66. The first-order chi connectivity index (χ1) is 9.72. The average molecular weight is 297 g/mol. The van der Waals surface area contributed by atoms with Gasteiger partial charge in [0.25, 0.3) is 0 Å². The molecule has 1 aliphatic heterocycles. The van der Waals surface area contributed by atoms with E-state index in [2.05, 4.69) is 9.88 Å². The predicted molar refractivity (Wildman–Crippen MR) is 79.5 cm³/mol. The van der Waals surface area contributed by atoms with Gasteiger partial charge in [0.05, 0.1) is 19.2 Å². The van der Waals surface area contributed by atoms with Crippen molar-refractivity contribution in [2.24, 2.45) is 0 Å². The zero-order valence-electron chi connectivity index (χ0n) is 12.0. The summed E-state index contributed by atoms with van der Waals surface area (Å²) in [7, 11) is 2.02. The Morgan fingerprint density at radius 3 is 3.10 bits per heavy atom. The van der Waals surface area contributed by atoms with Crippen LogP contribution < -0.4 is 0 Å². The van der Waals surface area contributed by atoms with Crippen LogP contribution in [0.1, 0.15) is 30.7 Å². The van der Waals surface area contributed by atoms with Crippen LogP contribution in [0.4, 0.5) is 0 Å². The number of aromatic nitrogens is 1. The number of likely N-dealkylation sites (tertiary alicyclic amines) is 1. The van der Waals surface area contributed by atoms with Gasteiger partial charge in [-0.15, -0.1) is 11.3 Å². The van der Waals surface area contributed by atoms with Gasteiger partial charge in [-0.1, -0.05) is 12.8 Å². The second-order valence-corrected chi connectivity index (χ2v) is 6.23. The molecule has 0 saturated carbocycles. The topological polar surface area (TPSA) is 56.7 Å². The minimum Gasteiger partial charge on any atom is -0.395 e. The summed E-state index contributed by atoms with van der Waals surface area (Å²) in [5, 5.41) is 12.0. The second-order valence-electron chi connectivity index (χ2n) is 5.25. The number of aliphatic hydroxyl groups is 1. The SMILES string of the molecule is CN1CCCCCC1C(=O)N(CCO)Cc1nccs1. The number of likely N-dealkylation sites (N-methyl/N-ethyl adjacent to an activating group) is 1. The van der Waals surface area contributed by atoms with Crippen LogP contribution >= 0.6 is 11.3 Å². The van der Waals surface area contributed by atoms with E-state index in [4.69, 9.17) is 0 Å². The number of amides is 1. The van der Waals surface area contributed by atoms with Crippen LogP contribution in [0.25, 0.3) is 0 Å². The van der Waals surface area contributed by atoms with E-state index in [1.807, 2.05) is 12.4 Å². The zero-order valence-corrected chi connectivity index (χ0v) is 12.8. The molecular formula is C14H23N3O2S. The smallest absolute Gasteiger partial charge is 0.240 e. The summed E-state index contributed by atoms with van der Waals surface area (Å²) in [5.41, 5.74) is 0. The zero-order chi connectivity index (χ0) is 14.4. The monoisotopic (exact) mass is 297 g/mol. The highest BCUT2D eigenvalue weighted by Crippen LogP contribution is 2.18. The van der Waals surface area contributed by atoms with Crippen molar-refractivity contribution in [3.05, 3.63) is 16.6 Å². The standard InChI is InChI=1S/C14H23N3O2S/c1-16-7-4-2-3-5-12(16)14(19)17(8-9-18)11-13-15-6-10-20-13/h6,10,12,18H,2-5,7-9,11H2,1H3. The highest BCUT2D eigenvalue weighted by molar-refractivity contribution is 7.09. The Morgan fingerprint density at radius 2 is 2.40 bits per heavy atom. The Balaban J connectivity index is 2.04. The number of carbonyl (C=O) groups is 1. The van der Waals surface area contributed by atoms with Crippen molar-refractivity contribution in [3.8, 4) is 0 Å². The Bertz CT molecular complexity index is 411. The minimum atomic E-state index is -0.0518. The van der Waals surface area contributed by atoms with Gasteiger partial charge in [-0.2, -0.15) is 0 Å². The molecule has 6 heteroatoms. The maximum absolute atomic E-state index is 12.7. The highest BCUT2D eigenvalue weighted by Gasteiger charge is 2.28. The van der Waals surface area contributed by atoms with Crippen LogP contribution in [-0.4, -0.2) is 58.6 Å². The van der Waals surface area contributed by atoms with Crippen molar-refractivity contribution < 1.29 is 9.90 Å². The van der Waals surface area contributed by atoms with Crippen molar-refractivity contribution in [3.63, 3.8) is 0 Å². The maximum Gasteiger partial charge on any atom is 0.240 e. The molecule has 1 aromatic heterocycles. The van der Waals surface area contributed by atoms with Crippen LogP contribution in [0.5, 0.6) is 0 Å². The van der Waals surface area contributed by atoms with Gasteiger partial charge < -0.3 is 10.0 Å². The molecule has 1 aliphatic rings. The molecule has 0 radical (unpaired) electrons. The Kier molecular flexibility index (Phi) is 5.94. The normalized spacial score (nSPS) is 20.6. The largest absolute Gasteiger partial charge is 0.395 e. The van der Waals surface area contributed by atoms with E-state index in [1.54, 1.807) is 22.4 Å². The van der Waals surface area contributed by atoms with Crippen LogP contribution in [0.15, 0.2) is 11.6 Å². The molecule has 2 rings (SSSR count). The number of aliphatic hydroxyl groups excluding tert-OH is 1. The van der Waals surface area contributed by atoms with E-state index in [1.165, 1.54) is 6.42 Å². The van der Waals surface area contributed by atoms with E-state index in [9.17, 15) is 9.90 Å². The quantitative estimate of drug-likeness (QED) is 0.891. The van der Waals surface area contributed by atoms with E-state index >= 15 is 0 Å². The molecule has 0 spiro atoms. The summed E-state index contributed by atoms with van der Waals surface area (Å²) in [4.78, 5) is 20.9. The van der Waals surface area contributed by atoms with E-state index in [-0.39, 0.29) is 18.6 Å². The summed E-state index contributed by atoms with van der Waals surface area (Å²) < 4.78 is 0. The second kappa shape index (κ2) is 7.71. The molecule has 20 heavy (non-hydrogen) atoms. The molecular weight excluding hydrogens is 274 g/mol. The molecule has 1 atom stereocenters. The first kappa shape index (κ1) is 15.4. The summed E-state index contributed by atoms with van der Waals surface area (Å²) >= 11 is 1.55. The molecule has 0 aliphatic carbocycles. The molecule has 1 aromatic rings. The fraction of sp³-hybridized carbons (Fsp3) is 0.714. The van der Waals surface area contributed by atoms with Crippen LogP contribution in [0.2, 0.25) is 0 Å². The Hall–Kier alpha value is -0.980. The lowest BCUT2D eigenvalue weighted by Gasteiger charge is -2.30. The van der Waals surface area contributed by atoms with Crippen molar-refractivity contribution in [1.29, 1.82) is 0 Å². The molecule has 112 valence electrons. The molecule has 0 bridgehead atoms. The first-order valence-electron chi connectivity index (χ1n) is 7.20. The third-order valence-corrected chi connectivity index (χ3v) is 4.56. The molecule has 5 nitrogen and oxygen atoms in total. The number of hydrogen-bond acceptors (Lipinski definition) is 5. The highest BCUT2D eigenvalue weighted by atomic mass is 32.1. The minimum absolute atomic E-state index is 0.00640. The average Bonchev–Trinajstić information content (AvgIpc) is 2.85. The van der Waals surface area contributed by atoms with E-state index < -0.39 is 0 Å². The number of thiazole rings is 1. The summed E-state index contributed by atoms with van der Waals surface area (Å²) in [6.45, 7) is 1.85. The number of rotatable bonds is 5. The molecule has 1 amide bonds. The van der Waals surface area contributed by atoms with Gasteiger partial charge in [-0.05, 0) is 26.4 Å². The third kappa shape index (κ3) is 4.01. The Labute approximate surface area is 124 Å². The summed E-state index contributed by atoms with van der Waals surface area (Å²) in [6, 6.07) is -0.0518. The third-order valence-electron chi connectivity index (χ3n) is 3.80. The molecule has 2 heterocycles. The van der Waals surface area contributed by atoms with Gasteiger partial charge in [-0.25, -0.2) is 4.98 Å².